The van der Waals surface area contributed by atoms with Crippen LogP contribution < -0.4 is 15.2 Å². The van der Waals surface area contributed by atoms with Crippen molar-refractivity contribution in [2.24, 2.45) is 5.73 Å². The SMILES string of the molecule is CCN1CCOC(CN)C1c1cccc(OC)c1OC. The molecular formula is C15H24N2O3. The first-order valence-electron chi connectivity index (χ1n) is 7.03. The Morgan fingerprint density at radius 1 is 1.35 bits per heavy atom. The van der Waals surface area contributed by atoms with E-state index < -0.39 is 0 Å². The highest BCUT2D eigenvalue weighted by atomic mass is 16.5. The molecule has 0 amide bonds. The molecule has 2 atom stereocenters. The van der Waals surface area contributed by atoms with Crippen LogP contribution >= 0.6 is 0 Å². The topological polar surface area (TPSA) is 57.0 Å². The first-order chi connectivity index (χ1) is 9.76. The van der Waals surface area contributed by atoms with E-state index in [0.717, 1.165) is 36.8 Å². The average Bonchev–Trinajstić information content (AvgIpc) is 2.52. The standard InChI is InChI=1S/C15H24N2O3/c1-4-17-8-9-20-13(10-16)14(17)11-6-5-7-12(18-2)15(11)19-3/h5-7,13-14H,4,8-10,16H2,1-3H3. The molecule has 2 rings (SSSR count). The Bertz CT molecular complexity index is 427. The van der Waals surface area contributed by atoms with Gasteiger partial charge in [0.05, 0.1) is 33.0 Å². The predicted molar refractivity (Wildman–Crippen MR) is 78.3 cm³/mol. The van der Waals surface area contributed by atoms with Gasteiger partial charge in [0.2, 0.25) is 0 Å². The Balaban J connectivity index is 2.45. The molecule has 0 spiro atoms. The molecular weight excluding hydrogens is 256 g/mol. The number of benzene rings is 1. The summed E-state index contributed by atoms with van der Waals surface area (Å²) in [6.07, 6.45) is -0.0234. The van der Waals surface area contributed by atoms with Gasteiger partial charge in [0.15, 0.2) is 11.5 Å². The molecule has 1 heterocycles. The third kappa shape index (κ3) is 2.75. The average molecular weight is 280 g/mol. The van der Waals surface area contributed by atoms with E-state index in [1.807, 2.05) is 12.1 Å². The second-order valence-electron chi connectivity index (χ2n) is 4.80. The van der Waals surface area contributed by atoms with Crippen LogP contribution in [0.25, 0.3) is 0 Å². The van der Waals surface area contributed by atoms with E-state index in [4.69, 9.17) is 19.9 Å². The first-order valence-corrected chi connectivity index (χ1v) is 7.03. The molecule has 1 saturated heterocycles. The van der Waals surface area contributed by atoms with Crippen LogP contribution in [0.15, 0.2) is 18.2 Å². The number of methoxy groups -OCH3 is 2. The molecule has 1 aromatic rings. The highest BCUT2D eigenvalue weighted by molar-refractivity contribution is 5.48. The summed E-state index contributed by atoms with van der Waals surface area (Å²) < 4.78 is 16.8. The lowest BCUT2D eigenvalue weighted by Crippen LogP contribution is -2.48. The second-order valence-corrected chi connectivity index (χ2v) is 4.80. The molecule has 112 valence electrons. The summed E-state index contributed by atoms with van der Waals surface area (Å²) in [5.41, 5.74) is 6.96. The van der Waals surface area contributed by atoms with Gasteiger partial charge < -0.3 is 19.9 Å². The molecule has 0 saturated carbocycles. The first kappa shape index (κ1) is 15.1. The van der Waals surface area contributed by atoms with Gasteiger partial charge in [-0.15, -0.1) is 0 Å². The van der Waals surface area contributed by atoms with Gasteiger partial charge >= 0.3 is 0 Å². The van der Waals surface area contributed by atoms with Crippen molar-refractivity contribution in [2.75, 3.05) is 40.5 Å². The van der Waals surface area contributed by atoms with E-state index in [0.29, 0.717) is 6.54 Å². The summed E-state index contributed by atoms with van der Waals surface area (Å²) in [6.45, 7) is 5.21. The van der Waals surface area contributed by atoms with Crippen molar-refractivity contribution >= 4 is 0 Å². The lowest BCUT2D eigenvalue weighted by molar-refractivity contribution is -0.0664. The monoisotopic (exact) mass is 280 g/mol. The normalized spacial score (nSPS) is 23.6. The van der Waals surface area contributed by atoms with Crippen LogP contribution in [0.2, 0.25) is 0 Å². The molecule has 2 N–H and O–H groups in total. The Labute approximate surface area is 120 Å². The predicted octanol–water partition coefficient (Wildman–Crippen LogP) is 1.42. The molecule has 0 aliphatic carbocycles. The number of para-hydroxylation sites is 1. The lowest BCUT2D eigenvalue weighted by atomic mass is 9.96. The van der Waals surface area contributed by atoms with Crippen LogP contribution in [0.3, 0.4) is 0 Å². The molecule has 1 aliphatic rings. The molecule has 1 fully saturated rings. The van der Waals surface area contributed by atoms with Crippen LogP contribution in [0, 0.1) is 0 Å². The van der Waals surface area contributed by atoms with E-state index in [1.165, 1.54) is 0 Å². The second kappa shape index (κ2) is 6.92. The van der Waals surface area contributed by atoms with Crippen LogP contribution in [0.4, 0.5) is 0 Å². The fourth-order valence-corrected chi connectivity index (χ4v) is 2.88. The minimum atomic E-state index is -0.0234. The number of likely N-dealkylation sites (N-methyl/N-ethyl adjacent to an activating group) is 1. The van der Waals surface area contributed by atoms with E-state index in [-0.39, 0.29) is 12.1 Å². The minimum absolute atomic E-state index is 0.0234. The summed E-state index contributed by atoms with van der Waals surface area (Å²) in [4.78, 5) is 2.37. The van der Waals surface area contributed by atoms with Gasteiger partial charge in [-0.25, -0.2) is 0 Å². The van der Waals surface area contributed by atoms with Crippen LogP contribution in [-0.2, 0) is 4.74 Å². The quantitative estimate of drug-likeness (QED) is 0.884. The molecule has 0 radical (unpaired) electrons. The minimum Gasteiger partial charge on any atom is -0.493 e. The smallest absolute Gasteiger partial charge is 0.165 e. The fourth-order valence-electron chi connectivity index (χ4n) is 2.88. The molecule has 0 bridgehead atoms. The number of hydrogen-bond donors (Lipinski definition) is 1. The van der Waals surface area contributed by atoms with Crippen molar-refractivity contribution in [1.29, 1.82) is 0 Å². The lowest BCUT2D eigenvalue weighted by Gasteiger charge is -2.41. The van der Waals surface area contributed by atoms with Crippen LogP contribution in [-0.4, -0.2) is 51.5 Å². The summed E-state index contributed by atoms with van der Waals surface area (Å²) in [6, 6.07) is 6.04. The van der Waals surface area contributed by atoms with Gasteiger partial charge in [-0.1, -0.05) is 19.1 Å². The van der Waals surface area contributed by atoms with Crippen molar-refractivity contribution in [3.63, 3.8) is 0 Å². The summed E-state index contributed by atoms with van der Waals surface area (Å²) in [5, 5.41) is 0. The zero-order valence-corrected chi connectivity index (χ0v) is 12.5. The van der Waals surface area contributed by atoms with E-state index in [2.05, 4.69) is 17.9 Å². The van der Waals surface area contributed by atoms with Crippen LogP contribution in [0.5, 0.6) is 11.5 Å². The van der Waals surface area contributed by atoms with Crippen molar-refractivity contribution in [3.05, 3.63) is 23.8 Å². The molecule has 1 aromatic carbocycles. The van der Waals surface area contributed by atoms with E-state index in [1.54, 1.807) is 14.2 Å². The largest absolute Gasteiger partial charge is 0.493 e. The van der Waals surface area contributed by atoms with Crippen LogP contribution in [0.1, 0.15) is 18.5 Å². The Kier molecular flexibility index (Phi) is 5.23. The third-order valence-corrected chi connectivity index (χ3v) is 3.85. The number of hydrogen-bond acceptors (Lipinski definition) is 5. The molecule has 20 heavy (non-hydrogen) atoms. The van der Waals surface area contributed by atoms with Gasteiger partial charge in [0, 0.05) is 18.7 Å². The maximum absolute atomic E-state index is 5.89. The molecule has 5 nitrogen and oxygen atoms in total. The maximum Gasteiger partial charge on any atom is 0.165 e. The van der Waals surface area contributed by atoms with Gasteiger partial charge in [-0.3, -0.25) is 4.90 Å². The highest BCUT2D eigenvalue weighted by Crippen LogP contribution is 2.39. The number of morpholine rings is 1. The van der Waals surface area contributed by atoms with Crippen molar-refractivity contribution in [2.45, 2.75) is 19.1 Å². The molecule has 1 aliphatic heterocycles. The summed E-state index contributed by atoms with van der Waals surface area (Å²) in [5.74, 6) is 1.50. The molecule has 0 aromatic heterocycles. The van der Waals surface area contributed by atoms with Gasteiger partial charge in [-0.2, -0.15) is 0 Å². The molecule has 5 heteroatoms. The number of nitrogens with zero attached hydrogens (tertiary/aromatic N) is 1. The summed E-state index contributed by atoms with van der Waals surface area (Å²) in [7, 11) is 3.32. The van der Waals surface area contributed by atoms with Gasteiger partial charge in [-0.05, 0) is 12.6 Å². The van der Waals surface area contributed by atoms with E-state index >= 15 is 0 Å². The van der Waals surface area contributed by atoms with Crippen molar-refractivity contribution < 1.29 is 14.2 Å². The Hall–Kier alpha value is -1.30. The maximum atomic E-state index is 5.89. The zero-order chi connectivity index (χ0) is 14.5. The van der Waals surface area contributed by atoms with Crippen molar-refractivity contribution in [3.8, 4) is 11.5 Å². The Morgan fingerprint density at radius 3 is 2.75 bits per heavy atom. The fraction of sp³-hybridized carbons (Fsp3) is 0.600. The zero-order valence-electron chi connectivity index (χ0n) is 12.5. The number of nitrogens with two attached hydrogens (primary N) is 1. The van der Waals surface area contributed by atoms with Crippen molar-refractivity contribution in [1.82, 2.24) is 4.90 Å². The highest BCUT2D eigenvalue weighted by Gasteiger charge is 2.34. The summed E-state index contributed by atoms with van der Waals surface area (Å²) >= 11 is 0. The number of rotatable bonds is 5. The van der Waals surface area contributed by atoms with E-state index in [9.17, 15) is 0 Å². The molecule has 2 unspecified atom stereocenters. The van der Waals surface area contributed by atoms with Gasteiger partial charge in [0.25, 0.3) is 0 Å². The number of ether oxygens (including phenoxy) is 3. The Morgan fingerprint density at radius 2 is 2.15 bits per heavy atom. The third-order valence-electron chi connectivity index (χ3n) is 3.85. The van der Waals surface area contributed by atoms with Gasteiger partial charge in [0.1, 0.15) is 0 Å².